The van der Waals surface area contributed by atoms with Gasteiger partial charge in [-0.1, -0.05) is 12.1 Å². The molecule has 0 unspecified atom stereocenters. The van der Waals surface area contributed by atoms with Gasteiger partial charge in [0.05, 0.1) is 35.0 Å². The Morgan fingerprint density at radius 3 is 2.00 bits per heavy atom. The molecule has 0 aliphatic rings. The van der Waals surface area contributed by atoms with Gasteiger partial charge in [-0.2, -0.15) is 0 Å². The molecule has 0 N–H and O–H groups in total. The van der Waals surface area contributed by atoms with Crippen LogP contribution in [0.5, 0.6) is 23.0 Å². The van der Waals surface area contributed by atoms with Crippen LogP contribution in [-0.4, -0.2) is 41.0 Å². The van der Waals surface area contributed by atoms with Crippen molar-refractivity contribution in [3.8, 4) is 23.0 Å². The number of rotatable bonds is 10. The van der Waals surface area contributed by atoms with Gasteiger partial charge in [0.1, 0.15) is 0 Å². The van der Waals surface area contributed by atoms with Crippen LogP contribution in [0.2, 0.25) is 0 Å². The molecule has 0 heterocycles. The maximum absolute atomic E-state index is 12.5. The lowest BCUT2D eigenvalue weighted by Crippen LogP contribution is -2.08. The van der Waals surface area contributed by atoms with Gasteiger partial charge in [-0.15, -0.1) is 0 Å². The number of ether oxygens (including phenoxy) is 5. The molecule has 0 aromatic heterocycles. The van der Waals surface area contributed by atoms with Gasteiger partial charge < -0.3 is 23.7 Å². The number of hydrogen-bond acceptors (Lipinski definition) is 6. The molecule has 0 fully saturated rings. The molecule has 0 aliphatic heterocycles. The molecule has 0 atom stereocenters. The summed E-state index contributed by atoms with van der Waals surface area (Å²) in [5.74, 6) is 2.23. The second-order valence-corrected chi connectivity index (χ2v) is 6.19. The Kier molecular flexibility index (Phi) is 8.40. The van der Waals surface area contributed by atoms with Crippen molar-refractivity contribution < 1.29 is 28.5 Å². The van der Waals surface area contributed by atoms with Gasteiger partial charge in [0, 0.05) is 5.57 Å². The first-order valence-electron chi connectivity index (χ1n) is 9.36. The molecule has 29 heavy (non-hydrogen) atoms. The predicted molar refractivity (Wildman–Crippen MR) is 112 cm³/mol. The van der Waals surface area contributed by atoms with Crippen LogP contribution in [0, 0.1) is 0 Å². The highest BCUT2D eigenvalue weighted by Crippen LogP contribution is 2.30. The lowest BCUT2D eigenvalue weighted by molar-refractivity contribution is -0.138. The summed E-state index contributed by atoms with van der Waals surface area (Å²) in [6, 6.07) is 11.2. The molecule has 2 rings (SSSR count). The Morgan fingerprint density at radius 1 is 0.828 bits per heavy atom. The third kappa shape index (κ3) is 5.91. The summed E-state index contributed by atoms with van der Waals surface area (Å²) in [6.07, 6.45) is 2.99. The van der Waals surface area contributed by atoms with Crippen molar-refractivity contribution in [2.24, 2.45) is 0 Å². The van der Waals surface area contributed by atoms with Crippen molar-refractivity contribution >= 4 is 12.0 Å². The van der Waals surface area contributed by atoms with E-state index in [1.54, 1.807) is 35.4 Å². The summed E-state index contributed by atoms with van der Waals surface area (Å²) in [6.45, 7) is 2.11. The zero-order chi connectivity index (χ0) is 21.2. The number of methoxy groups -OCH3 is 4. The van der Waals surface area contributed by atoms with Gasteiger partial charge in [-0.05, 0) is 61.2 Å². The Hall–Kier alpha value is -3.15. The molecule has 156 valence electrons. The summed E-state index contributed by atoms with van der Waals surface area (Å²) in [5.41, 5.74) is 2.44. The smallest absolute Gasteiger partial charge is 0.334 e. The molecule has 2 aromatic rings. The Balaban J connectivity index is 2.27. The van der Waals surface area contributed by atoms with Gasteiger partial charge in [0.25, 0.3) is 0 Å². The van der Waals surface area contributed by atoms with Crippen LogP contribution in [0.1, 0.15) is 24.5 Å². The number of benzene rings is 2. The molecule has 0 saturated carbocycles. The van der Waals surface area contributed by atoms with Gasteiger partial charge >= 0.3 is 5.97 Å². The maximum atomic E-state index is 12.5. The van der Waals surface area contributed by atoms with E-state index in [1.807, 2.05) is 42.5 Å². The lowest BCUT2D eigenvalue weighted by Gasteiger charge is -2.12. The van der Waals surface area contributed by atoms with Crippen molar-refractivity contribution in [3.63, 3.8) is 0 Å². The summed E-state index contributed by atoms with van der Waals surface area (Å²) in [5, 5.41) is 0. The van der Waals surface area contributed by atoms with E-state index in [-0.39, 0.29) is 5.97 Å². The molecule has 6 nitrogen and oxygen atoms in total. The van der Waals surface area contributed by atoms with E-state index in [1.165, 1.54) is 0 Å². The fourth-order valence-electron chi connectivity index (χ4n) is 2.92. The zero-order valence-corrected chi connectivity index (χ0v) is 17.6. The van der Waals surface area contributed by atoms with Crippen LogP contribution in [0.15, 0.2) is 42.0 Å². The fourth-order valence-corrected chi connectivity index (χ4v) is 2.92. The largest absolute Gasteiger partial charge is 0.493 e. The van der Waals surface area contributed by atoms with Crippen LogP contribution in [0.3, 0.4) is 0 Å². The van der Waals surface area contributed by atoms with E-state index in [0.717, 1.165) is 11.1 Å². The number of aryl methyl sites for hydroxylation is 1. The summed E-state index contributed by atoms with van der Waals surface area (Å²) >= 11 is 0. The van der Waals surface area contributed by atoms with Crippen molar-refractivity contribution in [1.29, 1.82) is 0 Å². The Morgan fingerprint density at radius 2 is 1.41 bits per heavy atom. The van der Waals surface area contributed by atoms with Crippen molar-refractivity contribution in [1.82, 2.24) is 0 Å². The molecule has 0 spiro atoms. The number of carbonyl (C=O) groups excluding carboxylic acids is 1. The molecule has 0 bridgehead atoms. The highest BCUT2D eigenvalue weighted by molar-refractivity contribution is 5.93. The van der Waals surface area contributed by atoms with Crippen molar-refractivity contribution in [3.05, 3.63) is 53.1 Å². The monoisotopic (exact) mass is 400 g/mol. The first-order valence-corrected chi connectivity index (χ1v) is 9.36. The molecule has 6 heteroatoms. The maximum Gasteiger partial charge on any atom is 0.334 e. The Bertz CT molecular complexity index is 856. The van der Waals surface area contributed by atoms with Gasteiger partial charge in [0.2, 0.25) is 0 Å². The summed E-state index contributed by atoms with van der Waals surface area (Å²) in [7, 11) is 6.36. The van der Waals surface area contributed by atoms with E-state index in [2.05, 4.69) is 0 Å². The molecule has 0 amide bonds. The molecule has 0 radical (unpaired) electrons. The minimum Gasteiger partial charge on any atom is -0.493 e. The molecule has 0 aliphatic carbocycles. The third-order valence-electron chi connectivity index (χ3n) is 4.42. The first kappa shape index (κ1) is 22.1. The highest BCUT2D eigenvalue weighted by Gasteiger charge is 2.13. The summed E-state index contributed by atoms with van der Waals surface area (Å²) < 4.78 is 26.5. The second-order valence-electron chi connectivity index (χ2n) is 6.19. The van der Waals surface area contributed by atoms with E-state index < -0.39 is 0 Å². The number of carbonyl (C=O) groups is 1. The number of esters is 1. The molecule has 0 saturated heterocycles. The topological polar surface area (TPSA) is 63.2 Å². The third-order valence-corrected chi connectivity index (χ3v) is 4.42. The predicted octanol–water partition coefficient (Wildman–Crippen LogP) is 4.30. The first-order chi connectivity index (χ1) is 14.1. The van der Waals surface area contributed by atoms with Crippen LogP contribution in [0.25, 0.3) is 6.08 Å². The average molecular weight is 400 g/mol. The highest BCUT2D eigenvalue weighted by atomic mass is 16.5. The van der Waals surface area contributed by atoms with Gasteiger partial charge in [-0.25, -0.2) is 4.79 Å². The summed E-state index contributed by atoms with van der Waals surface area (Å²) in [4.78, 5) is 12.5. The lowest BCUT2D eigenvalue weighted by atomic mass is 10.0. The van der Waals surface area contributed by atoms with E-state index in [9.17, 15) is 4.79 Å². The normalized spacial score (nSPS) is 11.0. The van der Waals surface area contributed by atoms with Gasteiger partial charge in [0.15, 0.2) is 23.0 Å². The van der Waals surface area contributed by atoms with Crippen LogP contribution >= 0.6 is 0 Å². The zero-order valence-electron chi connectivity index (χ0n) is 17.6. The minimum atomic E-state index is -0.331. The second kappa shape index (κ2) is 11.0. The Labute approximate surface area is 172 Å². The average Bonchev–Trinajstić information content (AvgIpc) is 2.76. The van der Waals surface area contributed by atoms with E-state index in [4.69, 9.17) is 23.7 Å². The standard InChI is InChI=1S/C23H28O6/c1-6-29-23(24)18(13-17-9-12-20(26-3)22(15-17)28-5)10-7-16-8-11-19(25-2)21(14-16)27-4/h8-9,11-15H,6-7,10H2,1-5H3/b18-13+. The van der Waals surface area contributed by atoms with Gasteiger partial charge in [-0.3, -0.25) is 0 Å². The molecular weight excluding hydrogens is 372 g/mol. The molecular formula is C23H28O6. The quantitative estimate of drug-likeness (QED) is 0.438. The van der Waals surface area contributed by atoms with E-state index in [0.29, 0.717) is 48.0 Å². The van der Waals surface area contributed by atoms with Crippen LogP contribution in [0.4, 0.5) is 0 Å². The molecule has 2 aromatic carbocycles. The van der Waals surface area contributed by atoms with Crippen molar-refractivity contribution in [2.75, 3.05) is 35.0 Å². The van der Waals surface area contributed by atoms with Crippen molar-refractivity contribution in [2.45, 2.75) is 19.8 Å². The van der Waals surface area contributed by atoms with E-state index >= 15 is 0 Å². The number of hydrogen-bond donors (Lipinski definition) is 0. The van der Waals surface area contributed by atoms with Crippen LogP contribution in [-0.2, 0) is 16.0 Å². The fraction of sp³-hybridized carbons (Fsp3) is 0.348. The SMILES string of the molecule is CCOC(=O)/C(=C/c1ccc(OC)c(OC)c1)CCc1ccc(OC)c(OC)c1. The van der Waals surface area contributed by atoms with Crippen LogP contribution < -0.4 is 18.9 Å². The minimum absolute atomic E-state index is 0.318.